The van der Waals surface area contributed by atoms with Gasteiger partial charge in [-0.25, -0.2) is 0 Å². The van der Waals surface area contributed by atoms with E-state index in [-0.39, 0.29) is 11.6 Å². The highest BCUT2D eigenvalue weighted by molar-refractivity contribution is 6.04. The molecule has 0 spiro atoms. The molecule has 1 heterocycles. The molecule has 0 aliphatic carbocycles. The number of rotatable bonds is 5. The maximum absolute atomic E-state index is 12.7. The number of carbonyl (C=O) groups is 1. The fraction of sp³-hybridized carbons (Fsp3) is 0.182. The zero-order valence-electron chi connectivity index (χ0n) is 16.1. The van der Waals surface area contributed by atoms with E-state index in [0.717, 1.165) is 27.9 Å². The van der Waals surface area contributed by atoms with Crippen LogP contribution in [0, 0.1) is 30.9 Å². The van der Waals surface area contributed by atoms with Crippen molar-refractivity contribution in [3.05, 3.63) is 98.9 Å². The molecular formula is C22H22N3O3+. The van der Waals surface area contributed by atoms with Crippen LogP contribution in [-0.4, -0.2) is 10.8 Å². The minimum atomic E-state index is -0.420. The van der Waals surface area contributed by atoms with Crippen LogP contribution in [-0.2, 0) is 6.54 Å². The quantitative estimate of drug-likeness (QED) is 0.414. The first-order chi connectivity index (χ1) is 13.3. The summed E-state index contributed by atoms with van der Waals surface area (Å²) in [6.45, 7) is 6.51. The molecule has 6 nitrogen and oxygen atoms in total. The molecule has 0 saturated carbocycles. The first-order valence-electron chi connectivity index (χ1n) is 8.95. The average molecular weight is 376 g/mol. The van der Waals surface area contributed by atoms with E-state index in [1.807, 2.05) is 49.7 Å². The van der Waals surface area contributed by atoms with E-state index >= 15 is 0 Å². The highest BCUT2D eigenvalue weighted by Gasteiger charge is 2.14. The van der Waals surface area contributed by atoms with Crippen LogP contribution in [0.4, 0.5) is 11.4 Å². The summed E-state index contributed by atoms with van der Waals surface area (Å²) in [5.41, 5.74) is 5.57. The zero-order valence-corrected chi connectivity index (χ0v) is 16.1. The lowest BCUT2D eigenvalue weighted by Gasteiger charge is -2.12. The van der Waals surface area contributed by atoms with Gasteiger partial charge in [0.1, 0.15) is 5.56 Å². The highest BCUT2D eigenvalue weighted by atomic mass is 16.6. The summed E-state index contributed by atoms with van der Waals surface area (Å²) in [5, 5.41) is 13.8. The molecule has 3 aromatic rings. The van der Waals surface area contributed by atoms with Crippen LogP contribution in [0.2, 0.25) is 0 Å². The lowest BCUT2D eigenvalue weighted by Crippen LogP contribution is -2.35. The van der Waals surface area contributed by atoms with E-state index < -0.39 is 4.92 Å². The van der Waals surface area contributed by atoms with Gasteiger partial charge >= 0.3 is 0 Å². The molecule has 0 bridgehead atoms. The summed E-state index contributed by atoms with van der Waals surface area (Å²) in [5.74, 6) is -0.173. The first-order valence-corrected chi connectivity index (χ1v) is 8.95. The second-order valence-corrected chi connectivity index (χ2v) is 6.92. The largest absolute Gasteiger partial charge is 0.321 e. The molecule has 1 amide bonds. The van der Waals surface area contributed by atoms with Gasteiger partial charge in [-0.1, -0.05) is 17.7 Å². The minimum absolute atomic E-state index is 0.0608. The topological polar surface area (TPSA) is 76.1 Å². The van der Waals surface area contributed by atoms with Crippen LogP contribution in [0.5, 0.6) is 0 Å². The third-order valence-corrected chi connectivity index (χ3v) is 4.55. The number of benzene rings is 2. The monoisotopic (exact) mass is 376 g/mol. The van der Waals surface area contributed by atoms with Gasteiger partial charge in [0.25, 0.3) is 11.6 Å². The Labute approximate surface area is 163 Å². The molecule has 3 rings (SSSR count). The molecule has 0 atom stereocenters. The Bertz CT molecular complexity index is 1020. The van der Waals surface area contributed by atoms with E-state index in [0.29, 0.717) is 12.1 Å². The Hall–Kier alpha value is -3.54. The third kappa shape index (κ3) is 4.40. The number of non-ortho nitro benzene ring substituents is 1. The van der Waals surface area contributed by atoms with Gasteiger partial charge in [-0.15, -0.1) is 0 Å². The normalized spacial score (nSPS) is 10.5. The van der Waals surface area contributed by atoms with Crippen LogP contribution >= 0.6 is 0 Å². The first kappa shape index (κ1) is 19.2. The van der Waals surface area contributed by atoms with E-state index in [9.17, 15) is 14.9 Å². The SMILES string of the molecule is Cc1cc(C)c(NC(=O)c2ccc[n+](Cc3ccc([N+](=O)[O-])cc3)c2)c(C)c1. The third-order valence-electron chi connectivity index (χ3n) is 4.55. The smallest absolute Gasteiger partial charge is 0.269 e. The lowest BCUT2D eigenvalue weighted by atomic mass is 10.0. The number of hydrogen-bond acceptors (Lipinski definition) is 3. The second kappa shape index (κ2) is 8.00. The lowest BCUT2D eigenvalue weighted by molar-refractivity contribution is -0.688. The number of nitrogens with one attached hydrogen (secondary N) is 1. The zero-order chi connectivity index (χ0) is 20.3. The predicted octanol–water partition coefficient (Wildman–Crippen LogP) is 4.11. The second-order valence-electron chi connectivity index (χ2n) is 6.92. The number of anilines is 1. The number of aromatic nitrogens is 1. The van der Waals surface area contributed by atoms with Crippen molar-refractivity contribution in [3.8, 4) is 0 Å². The molecule has 0 fully saturated rings. The van der Waals surface area contributed by atoms with Gasteiger partial charge < -0.3 is 5.32 Å². The highest BCUT2D eigenvalue weighted by Crippen LogP contribution is 2.22. The van der Waals surface area contributed by atoms with Crippen molar-refractivity contribution < 1.29 is 14.3 Å². The number of amides is 1. The number of aryl methyl sites for hydroxylation is 3. The van der Waals surface area contributed by atoms with E-state index in [1.54, 1.807) is 24.4 Å². The van der Waals surface area contributed by atoms with E-state index in [1.165, 1.54) is 12.1 Å². The number of carbonyl (C=O) groups excluding carboxylic acids is 1. The van der Waals surface area contributed by atoms with Crippen molar-refractivity contribution in [3.63, 3.8) is 0 Å². The van der Waals surface area contributed by atoms with E-state index in [4.69, 9.17) is 0 Å². The van der Waals surface area contributed by atoms with Gasteiger partial charge in [-0.05, 0) is 50.1 Å². The number of nitro groups is 1. The summed E-state index contributed by atoms with van der Waals surface area (Å²) >= 11 is 0. The van der Waals surface area contributed by atoms with Crippen LogP contribution in [0.1, 0.15) is 32.6 Å². The maximum atomic E-state index is 12.7. The molecule has 0 aliphatic rings. The molecule has 2 aromatic carbocycles. The number of hydrogen-bond donors (Lipinski definition) is 1. The minimum Gasteiger partial charge on any atom is -0.321 e. The average Bonchev–Trinajstić information content (AvgIpc) is 2.65. The summed E-state index contributed by atoms with van der Waals surface area (Å²) in [6.07, 6.45) is 3.64. The predicted molar refractivity (Wildman–Crippen MR) is 107 cm³/mol. The van der Waals surface area contributed by atoms with Crippen LogP contribution in [0.25, 0.3) is 0 Å². The molecule has 1 N–H and O–H groups in total. The molecule has 28 heavy (non-hydrogen) atoms. The van der Waals surface area contributed by atoms with Crippen LogP contribution in [0.15, 0.2) is 60.9 Å². The standard InChI is InChI=1S/C22H21N3O3/c1-15-11-16(2)21(17(3)12-15)23-22(26)19-5-4-10-24(14-19)13-18-6-8-20(9-7-18)25(27)28/h4-12,14H,13H2,1-3H3/p+1. The molecule has 6 heteroatoms. The Morgan fingerprint density at radius 3 is 2.32 bits per heavy atom. The summed E-state index contributed by atoms with van der Waals surface area (Å²) in [7, 11) is 0. The van der Waals surface area contributed by atoms with Crippen molar-refractivity contribution in [2.45, 2.75) is 27.3 Å². The fourth-order valence-electron chi connectivity index (χ4n) is 3.25. The van der Waals surface area contributed by atoms with Crippen molar-refractivity contribution in [1.82, 2.24) is 0 Å². The van der Waals surface area contributed by atoms with Crippen molar-refractivity contribution in [1.29, 1.82) is 0 Å². The summed E-state index contributed by atoms with van der Waals surface area (Å²) < 4.78 is 1.88. The number of nitrogens with zero attached hydrogens (tertiary/aromatic N) is 2. The molecule has 0 saturated heterocycles. The van der Waals surface area contributed by atoms with Gasteiger partial charge in [0.15, 0.2) is 18.9 Å². The Balaban J connectivity index is 1.77. The number of nitro benzene ring substituents is 1. The van der Waals surface area contributed by atoms with Crippen LogP contribution < -0.4 is 9.88 Å². The van der Waals surface area contributed by atoms with Crippen molar-refractivity contribution in [2.75, 3.05) is 5.32 Å². The molecule has 0 aliphatic heterocycles. The maximum Gasteiger partial charge on any atom is 0.269 e. The van der Waals surface area contributed by atoms with Crippen molar-refractivity contribution in [2.24, 2.45) is 0 Å². The van der Waals surface area contributed by atoms with Gasteiger partial charge in [0.05, 0.1) is 4.92 Å². The Morgan fingerprint density at radius 1 is 1.07 bits per heavy atom. The molecule has 142 valence electrons. The summed E-state index contributed by atoms with van der Waals surface area (Å²) in [6, 6.07) is 14.1. The summed E-state index contributed by atoms with van der Waals surface area (Å²) in [4.78, 5) is 23.1. The number of pyridine rings is 1. The Morgan fingerprint density at radius 2 is 1.71 bits per heavy atom. The van der Waals surface area contributed by atoms with Crippen molar-refractivity contribution >= 4 is 17.3 Å². The molecule has 1 aromatic heterocycles. The van der Waals surface area contributed by atoms with Gasteiger partial charge in [0.2, 0.25) is 0 Å². The van der Waals surface area contributed by atoms with Gasteiger partial charge in [-0.3, -0.25) is 14.9 Å². The molecular weight excluding hydrogens is 354 g/mol. The van der Waals surface area contributed by atoms with Gasteiger partial charge in [0, 0.05) is 29.4 Å². The van der Waals surface area contributed by atoms with Gasteiger partial charge in [-0.2, -0.15) is 4.57 Å². The van der Waals surface area contributed by atoms with Crippen LogP contribution in [0.3, 0.4) is 0 Å². The fourth-order valence-corrected chi connectivity index (χ4v) is 3.25. The molecule has 0 radical (unpaired) electrons. The Kier molecular flexibility index (Phi) is 5.49. The van der Waals surface area contributed by atoms with E-state index in [2.05, 4.69) is 5.32 Å². The molecule has 0 unspecified atom stereocenters.